The zero-order valence-corrected chi connectivity index (χ0v) is 10.7. The third-order valence-corrected chi connectivity index (χ3v) is 5.42. The van der Waals surface area contributed by atoms with Gasteiger partial charge in [-0.1, -0.05) is 12.1 Å². The first-order valence-electron chi connectivity index (χ1n) is 5.36. The summed E-state index contributed by atoms with van der Waals surface area (Å²) in [5, 5.41) is 8.47. The van der Waals surface area contributed by atoms with Crippen molar-refractivity contribution in [2.75, 3.05) is 11.5 Å². The first-order valence-corrected chi connectivity index (χ1v) is 7.62. The van der Waals surface area contributed by atoms with Crippen LogP contribution in [0.5, 0.6) is 0 Å². The average molecular weight is 270 g/mol. The lowest BCUT2D eigenvalue weighted by atomic mass is 9.97. The maximum absolute atomic E-state index is 11.4. The van der Waals surface area contributed by atoms with E-state index in [1.807, 2.05) is 6.07 Å². The molecule has 3 nitrogen and oxygen atoms in total. The van der Waals surface area contributed by atoms with Crippen molar-refractivity contribution in [1.29, 1.82) is 5.26 Å². The van der Waals surface area contributed by atoms with Gasteiger partial charge in [-0.05, 0) is 30.0 Å². The van der Waals surface area contributed by atoms with Crippen molar-refractivity contribution in [2.45, 2.75) is 11.8 Å². The van der Waals surface area contributed by atoms with E-state index >= 15 is 0 Å². The largest absolute Gasteiger partial charge is 0.229 e. The molecule has 5 heteroatoms. The molecule has 1 saturated heterocycles. The van der Waals surface area contributed by atoms with Gasteiger partial charge in [0.1, 0.15) is 0 Å². The minimum Gasteiger partial charge on any atom is -0.229 e. The molecular formula is C12H12ClNO2S. The number of nitriles is 1. The summed E-state index contributed by atoms with van der Waals surface area (Å²) < 4.78 is 22.8. The molecule has 0 radical (unpaired) electrons. The van der Waals surface area contributed by atoms with Gasteiger partial charge in [-0.15, -0.1) is 11.6 Å². The number of nitrogens with zero attached hydrogens (tertiary/aromatic N) is 1. The summed E-state index contributed by atoms with van der Waals surface area (Å²) in [6, 6.07) is 9.09. The van der Waals surface area contributed by atoms with Crippen LogP contribution in [-0.2, 0) is 9.84 Å². The van der Waals surface area contributed by atoms with E-state index in [1.165, 1.54) is 0 Å². The Morgan fingerprint density at radius 3 is 2.82 bits per heavy atom. The summed E-state index contributed by atoms with van der Waals surface area (Å²) in [6.07, 6.45) is 0.604. The summed E-state index contributed by atoms with van der Waals surface area (Å²) in [4.78, 5) is 0. The van der Waals surface area contributed by atoms with E-state index in [4.69, 9.17) is 16.9 Å². The van der Waals surface area contributed by atoms with Crippen molar-refractivity contribution in [1.82, 2.24) is 0 Å². The quantitative estimate of drug-likeness (QED) is 0.774. The highest BCUT2D eigenvalue weighted by Gasteiger charge is 2.33. The normalized spacial score (nSPS) is 24.1. The molecule has 90 valence electrons. The van der Waals surface area contributed by atoms with E-state index in [2.05, 4.69) is 6.07 Å². The predicted octanol–water partition coefficient (Wildman–Crippen LogP) is 2.27. The first kappa shape index (κ1) is 12.4. The minimum absolute atomic E-state index is 0.0457. The van der Waals surface area contributed by atoms with Gasteiger partial charge in [0.25, 0.3) is 0 Å². The van der Waals surface area contributed by atoms with Gasteiger partial charge in [-0.25, -0.2) is 8.42 Å². The van der Waals surface area contributed by atoms with Crippen LogP contribution in [0.15, 0.2) is 24.3 Å². The maximum atomic E-state index is 11.4. The van der Waals surface area contributed by atoms with Crippen LogP contribution in [0.4, 0.5) is 0 Å². The highest BCUT2D eigenvalue weighted by Crippen LogP contribution is 2.36. The van der Waals surface area contributed by atoms with Crippen molar-refractivity contribution in [2.24, 2.45) is 5.92 Å². The average Bonchev–Trinajstić information content (AvgIpc) is 2.69. The van der Waals surface area contributed by atoms with E-state index in [-0.39, 0.29) is 22.8 Å². The van der Waals surface area contributed by atoms with Crippen molar-refractivity contribution in [3.63, 3.8) is 0 Å². The van der Waals surface area contributed by atoms with E-state index in [9.17, 15) is 8.42 Å². The molecule has 0 saturated carbocycles. The molecule has 1 aliphatic rings. The molecule has 2 unspecified atom stereocenters. The molecule has 0 aromatic heterocycles. The number of benzene rings is 1. The molecule has 1 aromatic carbocycles. The van der Waals surface area contributed by atoms with Crippen molar-refractivity contribution < 1.29 is 8.42 Å². The topological polar surface area (TPSA) is 57.9 Å². The Kier molecular flexibility index (Phi) is 3.41. The van der Waals surface area contributed by atoms with Gasteiger partial charge in [-0.3, -0.25) is 0 Å². The number of hydrogen-bond donors (Lipinski definition) is 0. The zero-order valence-electron chi connectivity index (χ0n) is 9.14. The standard InChI is InChI=1S/C12H12ClNO2S/c13-12(11-4-5-17(15,16)8-11)10-3-1-2-9(6-10)7-14/h1-3,6,11-12H,4-5,8H2. The van der Waals surface area contributed by atoms with Gasteiger partial charge < -0.3 is 0 Å². The lowest BCUT2D eigenvalue weighted by Crippen LogP contribution is -2.10. The fourth-order valence-electron chi connectivity index (χ4n) is 2.11. The van der Waals surface area contributed by atoms with Crippen LogP contribution < -0.4 is 0 Å². The smallest absolute Gasteiger partial charge is 0.150 e. The van der Waals surface area contributed by atoms with E-state index < -0.39 is 9.84 Å². The number of halogens is 1. The SMILES string of the molecule is N#Cc1cccc(C(Cl)C2CCS(=O)(=O)C2)c1. The second kappa shape index (κ2) is 4.67. The molecule has 2 rings (SSSR count). The zero-order chi connectivity index (χ0) is 12.5. The van der Waals surface area contributed by atoms with Crippen LogP contribution in [0.2, 0.25) is 0 Å². The Labute approximate surface area is 106 Å². The first-order chi connectivity index (χ1) is 8.02. The third-order valence-electron chi connectivity index (χ3n) is 3.02. The molecule has 1 heterocycles. The van der Waals surface area contributed by atoms with Crippen LogP contribution >= 0.6 is 11.6 Å². The molecular weight excluding hydrogens is 258 g/mol. The Morgan fingerprint density at radius 2 is 2.24 bits per heavy atom. The van der Waals surface area contributed by atoms with Crippen LogP contribution in [-0.4, -0.2) is 19.9 Å². The van der Waals surface area contributed by atoms with Crippen LogP contribution in [0.3, 0.4) is 0 Å². The van der Waals surface area contributed by atoms with Gasteiger partial charge in [0.05, 0.1) is 28.5 Å². The molecule has 1 aromatic rings. The van der Waals surface area contributed by atoms with E-state index in [1.54, 1.807) is 18.2 Å². The van der Waals surface area contributed by atoms with E-state index in [0.717, 1.165) is 5.56 Å². The molecule has 1 aliphatic heterocycles. The Morgan fingerprint density at radius 1 is 1.47 bits per heavy atom. The third kappa shape index (κ3) is 2.80. The highest BCUT2D eigenvalue weighted by atomic mass is 35.5. The molecule has 0 amide bonds. The monoisotopic (exact) mass is 269 g/mol. The summed E-state index contributed by atoms with van der Waals surface area (Å²) >= 11 is 6.29. The Hall–Kier alpha value is -1.05. The van der Waals surface area contributed by atoms with Crippen LogP contribution in [0, 0.1) is 17.2 Å². The molecule has 0 bridgehead atoms. The van der Waals surface area contributed by atoms with Crippen molar-refractivity contribution in [3.05, 3.63) is 35.4 Å². The second-order valence-corrected chi connectivity index (χ2v) is 7.00. The van der Waals surface area contributed by atoms with Crippen LogP contribution in [0.25, 0.3) is 0 Å². The number of rotatable bonds is 2. The number of alkyl halides is 1. The molecule has 1 fully saturated rings. The summed E-state index contributed by atoms with van der Waals surface area (Å²) in [6.45, 7) is 0. The lowest BCUT2D eigenvalue weighted by Gasteiger charge is -2.15. The minimum atomic E-state index is -2.91. The van der Waals surface area contributed by atoms with Crippen molar-refractivity contribution >= 4 is 21.4 Å². The van der Waals surface area contributed by atoms with Crippen LogP contribution in [0.1, 0.15) is 22.9 Å². The van der Waals surface area contributed by atoms with Crippen molar-refractivity contribution in [3.8, 4) is 6.07 Å². The highest BCUT2D eigenvalue weighted by molar-refractivity contribution is 7.91. The maximum Gasteiger partial charge on any atom is 0.150 e. The van der Waals surface area contributed by atoms with Gasteiger partial charge in [0, 0.05) is 0 Å². The Bertz CT molecular complexity index is 562. The summed E-state index contributed by atoms with van der Waals surface area (Å²) in [5.74, 6) is 0.326. The fraction of sp³-hybridized carbons (Fsp3) is 0.417. The van der Waals surface area contributed by atoms with E-state index in [0.29, 0.717) is 12.0 Å². The van der Waals surface area contributed by atoms with Gasteiger partial charge in [-0.2, -0.15) is 5.26 Å². The molecule has 2 atom stereocenters. The van der Waals surface area contributed by atoms with Gasteiger partial charge in [0.15, 0.2) is 9.84 Å². The predicted molar refractivity (Wildman–Crippen MR) is 66.5 cm³/mol. The second-order valence-electron chi connectivity index (χ2n) is 4.30. The summed E-state index contributed by atoms with van der Waals surface area (Å²) in [7, 11) is -2.91. The molecule has 0 aliphatic carbocycles. The van der Waals surface area contributed by atoms with Gasteiger partial charge >= 0.3 is 0 Å². The number of hydrogen-bond acceptors (Lipinski definition) is 3. The fourth-order valence-corrected chi connectivity index (χ4v) is 4.40. The van der Waals surface area contributed by atoms with Gasteiger partial charge in [0.2, 0.25) is 0 Å². The lowest BCUT2D eigenvalue weighted by molar-refractivity contribution is 0.569. The molecule has 17 heavy (non-hydrogen) atoms. The Balaban J connectivity index is 2.20. The summed E-state index contributed by atoms with van der Waals surface area (Å²) in [5.41, 5.74) is 1.38. The molecule has 0 N–H and O–H groups in total. The molecule has 0 spiro atoms. The number of sulfone groups is 1.